The minimum Gasteiger partial charge on any atom is -0.337 e. The predicted molar refractivity (Wildman–Crippen MR) is 57.7 cm³/mol. The van der Waals surface area contributed by atoms with E-state index < -0.39 is 0 Å². The molecule has 1 atom stereocenters. The third kappa shape index (κ3) is 2.36. The van der Waals surface area contributed by atoms with Gasteiger partial charge in [-0.05, 0) is 12.8 Å². The van der Waals surface area contributed by atoms with Crippen LogP contribution >= 0.6 is 24.8 Å². The molecule has 5 heteroatoms. The van der Waals surface area contributed by atoms with Gasteiger partial charge in [0.05, 0.1) is 12.0 Å². The molecule has 0 aromatic carbocycles. The fourth-order valence-electron chi connectivity index (χ4n) is 1.65. The Balaban J connectivity index is 0.000000720. The van der Waals surface area contributed by atoms with E-state index in [4.69, 9.17) is 5.73 Å². The van der Waals surface area contributed by atoms with E-state index in [0.29, 0.717) is 6.04 Å². The van der Waals surface area contributed by atoms with Crippen LogP contribution in [-0.4, -0.2) is 15.6 Å². The van der Waals surface area contributed by atoms with E-state index in [1.807, 2.05) is 13.4 Å². The fraction of sp³-hybridized carbons (Fsp3) is 0.625. The Hall–Kier alpha value is -0.250. The van der Waals surface area contributed by atoms with E-state index in [2.05, 4.69) is 9.55 Å². The summed E-state index contributed by atoms with van der Waals surface area (Å²) in [6, 6.07) is 0.345. The van der Waals surface area contributed by atoms with Gasteiger partial charge in [-0.2, -0.15) is 0 Å². The Morgan fingerprint density at radius 2 is 2.23 bits per heavy atom. The molecule has 0 spiro atoms. The average molecular weight is 224 g/mol. The first-order valence-electron chi connectivity index (χ1n) is 4.02. The van der Waals surface area contributed by atoms with Crippen LogP contribution in [0.5, 0.6) is 0 Å². The SMILES string of the molecule is Cl.Cl.Cn1cnc2c1CC(N)CC2. The number of nitrogens with two attached hydrogens (primary N) is 1. The van der Waals surface area contributed by atoms with Gasteiger partial charge in [-0.1, -0.05) is 0 Å². The molecule has 76 valence electrons. The van der Waals surface area contributed by atoms with Crippen molar-refractivity contribution in [2.24, 2.45) is 12.8 Å². The van der Waals surface area contributed by atoms with Crippen LogP contribution in [0.2, 0.25) is 0 Å². The van der Waals surface area contributed by atoms with Gasteiger partial charge in [0.25, 0.3) is 0 Å². The molecule has 1 aliphatic rings. The fourth-order valence-corrected chi connectivity index (χ4v) is 1.65. The third-order valence-corrected chi connectivity index (χ3v) is 2.35. The molecule has 0 saturated heterocycles. The molecule has 1 aromatic heterocycles. The van der Waals surface area contributed by atoms with Gasteiger partial charge in [-0.25, -0.2) is 4.98 Å². The molecule has 1 unspecified atom stereocenters. The smallest absolute Gasteiger partial charge is 0.0949 e. The van der Waals surface area contributed by atoms with E-state index in [1.54, 1.807) is 0 Å². The number of hydrogen-bond acceptors (Lipinski definition) is 2. The molecule has 1 heterocycles. The molecule has 13 heavy (non-hydrogen) atoms. The van der Waals surface area contributed by atoms with Crippen molar-refractivity contribution in [1.29, 1.82) is 0 Å². The second-order valence-corrected chi connectivity index (χ2v) is 3.25. The lowest BCUT2D eigenvalue weighted by molar-refractivity contribution is 0.552. The second-order valence-electron chi connectivity index (χ2n) is 3.25. The number of aryl methyl sites for hydroxylation is 2. The molecule has 0 fully saturated rings. The van der Waals surface area contributed by atoms with Crippen LogP contribution in [0.25, 0.3) is 0 Å². The van der Waals surface area contributed by atoms with Gasteiger partial charge in [0.2, 0.25) is 0 Å². The van der Waals surface area contributed by atoms with Gasteiger partial charge in [-0.3, -0.25) is 0 Å². The van der Waals surface area contributed by atoms with Crippen LogP contribution in [0, 0.1) is 0 Å². The number of hydrogen-bond donors (Lipinski definition) is 1. The summed E-state index contributed by atoms with van der Waals surface area (Å²) in [5.41, 5.74) is 8.40. The van der Waals surface area contributed by atoms with Gasteiger partial charge in [-0.15, -0.1) is 24.8 Å². The number of halogens is 2. The van der Waals surface area contributed by atoms with Crippen molar-refractivity contribution < 1.29 is 0 Å². The molecule has 1 aromatic rings. The largest absolute Gasteiger partial charge is 0.337 e. The summed E-state index contributed by atoms with van der Waals surface area (Å²) >= 11 is 0. The van der Waals surface area contributed by atoms with Crippen LogP contribution < -0.4 is 5.73 Å². The molecule has 0 radical (unpaired) electrons. The molecule has 2 N–H and O–H groups in total. The van der Waals surface area contributed by atoms with E-state index in [9.17, 15) is 0 Å². The summed E-state index contributed by atoms with van der Waals surface area (Å²) < 4.78 is 2.08. The quantitative estimate of drug-likeness (QED) is 0.716. The van der Waals surface area contributed by atoms with Crippen molar-refractivity contribution in [3.05, 3.63) is 17.7 Å². The lowest BCUT2D eigenvalue weighted by atomic mass is 9.97. The van der Waals surface area contributed by atoms with Gasteiger partial charge < -0.3 is 10.3 Å². The maximum atomic E-state index is 5.84. The van der Waals surface area contributed by atoms with E-state index >= 15 is 0 Å². The number of imidazole rings is 1. The minimum absolute atomic E-state index is 0. The average Bonchev–Trinajstić information content (AvgIpc) is 2.33. The highest BCUT2D eigenvalue weighted by Crippen LogP contribution is 2.17. The number of fused-ring (bicyclic) bond motifs is 1. The highest BCUT2D eigenvalue weighted by molar-refractivity contribution is 5.85. The zero-order chi connectivity index (χ0) is 7.84. The Morgan fingerprint density at radius 3 is 2.92 bits per heavy atom. The monoisotopic (exact) mass is 223 g/mol. The van der Waals surface area contributed by atoms with Gasteiger partial charge in [0, 0.05) is 25.2 Å². The van der Waals surface area contributed by atoms with Gasteiger partial charge >= 0.3 is 0 Å². The topological polar surface area (TPSA) is 43.8 Å². The summed E-state index contributed by atoms with van der Waals surface area (Å²) in [6.07, 6.45) is 5.01. The van der Waals surface area contributed by atoms with Crippen LogP contribution in [0.15, 0.2) is 6.33 Å². The Labute approximate surface area is 90.5 Å². The number of rotatable bonds is 0. The van der Waals surface area contributed by atoms with Crippen LogP contribution in [0.3, 0.4) is 0 Å². The Morgan fingerprint density at radius 1 is 1.54 bits per heavy atom. The highest BCUT2D eigenvalue weighted by Gasteiger charge is 2.18. The normalized spacial score (nSPS) is 19.7. The minimum atomic E-state index is 0. The summed E-state index contributed by atoms with van der Waals surface area (Å²) in [7, 11) is 2.03. The zero-order valence-corrected chi connectivity index (χ0v) is 9.20. The molecule has 1 aliphatic carbocycles. The van der Waals surface area contributed by atoms with Gasteiger partial charge in [0.15, 0.2) is 0 Å². The maximum absolute atomic E-state index is 5.84. The first-order valence-corrected chi connectivity index (χ1v) is 4.02. The van der Waals surface area contributed by atoms with E-state index in [-0.39, 0.29) is 24.8 Å². The van der Waals surface area contributed by atoms with E-state index in [0.717, 1.165) is 19.3 Å². The summed E-state index contributed by atoms with van der Waals surface area (Å²) in [5.74, 6) is 0. The van der Waals surface area contributed by atoms with Crippen molar-refractivity contribution in [3.63, 3.8) is 0 Å². The third-order valence-electron chi connectivity index (χ3n) is 2.35. The molecule has 2 rings (SSSR count). The summed E-state index contributed by atoms with van der Waals surface area (Å²) in [5, 5.41) is 0. The predicted octanol–water partition coefficient (Wildman–Crippen LogP) is 1.08. The maximum Gasteiger partial charge on any atom is 0.0949 e. The lowest BCUT2D eigenvalue weighted by Gasteiger charge is -2.17. The molecule has 0 bridgehead atoms. The van der Waals surface area contributed by atoms with E-state index in [1.165, 1.54) is 11.4 Å². The van der Waals surface area contributed by atoms with Crippen LogP contribution in [0.1, 0.15) is 17.8 Å². The van der Waals surface area contributed by atoms with Crippen LogP contribution in [-0.2, 0) is 19.9 Å². The first kappa shape index (κ1) is 12.8. The van der Waals surface area contributed by atoms with Crippen molar-refractivity contribution >= 4 is 24.8 Å². The first-order chi connectivity index (χ1) is 5.27. The van der Waals surface area contributed by atoms with Crippen molar-refractivity contribution in [2.45, 2.75) is 25.3 Å². The highest BCUT2D eigenvalue weighted by atomic mass is 35.5. The lowest BCUT2D eigenvalue weighted by Crippen LogP contribution is -2.28. The second kappa shape index (κ2) is 4.84. The standard InChI is InChI=1S/C8H13N3.2ClH/c1-11-5-10-7-3-2-6(9)4-8(7)11;;/h5-6H,2-4,9H2,1H3;2*1H. The molecular formula is C8H15Cl2N3. The Bertz CT molecular complexity index is 272. The van der Waals surface area contributed by atoms with Crippen molar-refractivity contribution in [3.8, 4) is 0 Å². The molecule has 0 amide bonds. The van der Waals surface area contributed by atoms with Crippen LogP contribution in [0.4, 0.5) is 0 Å². The molecule has 0 aliphatic heterocycles. The molecular weight excluding hydrogens is 209 g/mol. The summed E-state index contributed by atoms with van der Waals surface area (Å²) in [6.45, 7) is 0. The molecule has 3 nitrogen and oxygen atoms in total. The molecule has 0 saturated carbocycles. The number of aromatic nitrogens is 2. The van der Waals surface area contributed by atoms with Crippen molar-refractivity contribution in [2.75, 3.05) is 0 Å². The zero-order valence-electron chi connectivity index (χ0n) is 7.56. The Kier molecular flexibility index (Phi) is 4.75. The van der Waals surface area contributed by atoms with Gasteiger partial charge in [0.1, 0.15) is 0 Å². The van der Waals surface area contributed by atoms with Crippen molar-refractivity contribution in [1.82, 2.24) is 9.55 Å². The number of nitrogens with zero attached hydrogens (tertiary/aromatic N) is 2. The summed E-state index contributed by atoms with van der Waals surface area (Å²) in [4.78, 5) is 4.30.